The predicted molar refractivity (Wildman–Crippen MR) is 113 cm³/mol. The summed E-state index contributed by atoms with van der Waals surface area (Å²) in [5, 5.41) is 18.7. The van der Waals surface area contributed by atoms with Crippen LogP contribution in [0.15, 0.2) is 53.9 Å². The van der Waals surface area contributed by atoms with Gasteiger partial charge in [-0.15, -0.1) is 11.3 Å². The second kappa shape index (κ2) is 9.81. The fourth-order valence-electron chi connectivity index (χ4n) is 2.38. The number of nitro groups is 1. The molecule has 3 aromatic rings. The van der Waals surface area contributed by atoms with Gasteiger partial charge in [-0.2, -0.15) is 0 Å². The van der Waals surface area contributed by atoms with E-state index in [2.05, 4.69) is 15.6 Å². The fraction of sp³-hybridized carbons (Fsp3) is 0.105. The summed E-state index contributed by atoms with van der Waals surface area (Å²) in [5.74, 6) is -1.51. The third kappa shape index (κ3) is 5.75. The third-order valence-corrected chi connectivity index (χ3v) is 4.80. The van der Waals surface area contributed by atoms with Crippen LogP contribution in [-0.2, 0) is 16.1 Å². The standard InChI is InChI=1S/C19H15ClN4O5S/c20-13-6-7-14(16(8-13)24(27)28)22-17(25)10-29-18(26)15-11-30-19(23-15)21-9-12-4-2-1-3-5-12/h1-8,11H,9-10H2,(H,21,23)(H,22,25). The zero-order valence-electron chi connectivity index (χ0n) is 15.3. The van der Waals surface area contributed by atoms with Gasteiger partial charge in [0, 0.05) is 23.0 Å². The van der Waals surface area contributed by atoms with Gasteiger partial charge in [0.15, 0.2) is 17.4 Å². The fourth-order valence-corrected chi connectivity index (χ4v) is 3.22. The van der Waals surface area contributed by atoms with E-state index in [1.807, 2.05) is 30.3 Å². The number of ether oxygens (including phenoxy) is 1. The Morgan fingerprint density at radius 2 is 1.97 bits per heavy atom. The summed E-state index contributed by atoms with van der Waals surface area (Å²) in [4.78, 5) is 38.6. The van der Waals surface area contributed by atoms with Crippen molar-refractivity contribution in [3.63, 3.8) is 0 Å². The minimum atomic E-state index is -0.778. The van der Waals surface area contributed by atoms with Crippen LogP contribution in [0.2, 0.25) is 5.02 Å². The van der Waals surface area contributed by atoms with Crippen molar-refractivity contribution in [3.8, 4) is 0 Å². The van der Waals surface area contributed by atoms with Crippen LogP contribution in [0.5, 0.6) is 0 Å². The average molecular weight is 447 g/mol. The van der Waals surface area contributed by atoms with Gasteiger partial charge in [0.05, 0.1) is 4.92 Å². The molecule has 0 aliphatic carbocycles. The van der Waals surface area contributed by atoms with Crippen LogP contribution in [0.1, 0.15) is 16.1 Å². The monoisotopic (exact) mass is 446 g/mol. The van der Waals surface area contributed by atoms with Crippen molar-refractivity contribution in [1.29, 1.82) is 0 Å². The van der Waals surface area contributed by atoms with E-state index in [1.54, 1.807) is 0 Å². The smallest absolute Gasteiger partial charge is 0.358 e. The van der Waals surface area contributed by atoms with Gasteiger partial charge in [0.2, 0.25) is 0 Å². The molecule has 154 valence electrons. The second-order valence-electron chi connectivity index (χ2n) is 5.92. The van der Waals surface area contributed by atoms with Crippen LogP contribution in [-0.4, -0.2) is 28.4 Å². The Balaban J connectivity index is 1.51. The first-order valence-electron chi connectivity index (χ1n) is 8.56. The van der Waals surface area contributed by atoms with E-state index in [1.165, 1.54) is 28.8 Å². The lowest BCUT2D eigenvalue weighted by atomic mass is 10.2. The summed E-state index contributed by atoms with van der Waals surface area (Å²) in [6.45, 7) is -0.0754. The molecule has 0 radical (unpaired) electrons. The molecular weight excluding hydrogens is 432 g/mol. The number of hydrogen-bond donors (Lipinski definition) is 2. The molecular formula is C19H15ClN4O5S. The number of carbonyl (C=O) groups is 2. The molecule has 1 amide bonds. The van der Waals surface area contributed by atoms with E-state index in [9.17, 15) is 19.7 Å². The quantitative estimate of drug-likeness (QED) is 0.303. The Kier molecular flexibility index (Phi) is 6.94. The van der Waals surface area contributed by atoms with Crippen LogP contribution in [0.4, 0.5) is 16.5 Å². The topological polar surface area (TPSA) is 123 Å². The number of thiazole rings is 1. The number of carbonyl (C=O) groups excluding carboxylic acids is 2. The van der Waals surface area contributed by atoms with Crippen molar-refractivity contribution in [2.75, 3.05) is 17.2 Å². The first-order chi connectivity index (χ1) is 14.4. The predicted octanol–water partition coefficient (Wildman–Crippen LogP) is 4.11. The Morgan fingerprint density at radius 3 is 2.70 bits per heavy atom. The van der Waals surface area contributed by atoms with E-state index in [-0.39, 0.29) is 22.1 Å². The van der Waals surface area contributed by atoms with E-state index in [0.29, 0.717) is 11.7 Å². The highest BCUT2D eigenvalue weighted by Gasteiger charge is 2.18. The van der Waals surface area contributed by atoms with Crippen molar-refractivity contribution in [3.05, 3.63) is 80.3 Å². The molecule has 0 saturated carbocycles. The van der Waals surface area contributed by atoms with E-state index in [0.717, 1.165) is 11.6 Å². The number of benzene rings is 2. The van der Waals surface area contributed by atoms with Gasteiger partial charge in [0.25, 0.3) is 11.6 Å². The molecule has 11 heteroatoms. The van der Waals surface area contributed by atoms with Gasteiger partial charge in [-0.05, 0) is 17.7 Å². The summed E-state index contributed by atoms with van der Waals surface area (Å²) in [7, 11) is 0. The highest BCUT2D eigenvalue weighted by atomic mass is 35.5. The minimum absolute atomic E-state index is 0.0495. The highest BCUT2D eigenvalue weighted by molar-refractivity contribution is 7.13. The average Bonchev–Trinajstić information content (AvgIpc) is 3.21. The molecule has 0 aliphatic rings. The Labute approximate surface area is 179 Å². The molecule has 1 heterocycles. The largest absolute Gasteiger partial charge is 0.451 e. The summed E-state index contributed by atoms with van der Waals surface area (Å²) < 4.78 is 4.93. The number of nitrogens with zero attached hydrogens (tertiary/aromatic N) is 2. The zero-order chi connectivity index (χ0) is 21.5. The number of anilines is 2. The van der Waals surface area contributed by atoms with Crippen LogP contribution in [0.3, 0.4) is 0 Å². The zero-order valence-corrected chi connectivity index (χ0v) is 16.9. The Bertz CT molecular complexity index is 1070. The summed E-state index contributed by atoms with van der Waals surface area (Å²) in [5.41, 5.74) is 0.702. The number of halogens is 1. The maximum atomic E-state index is 12.1. The van der Waals surface area contributed by atoms with Crippen molar-refractivity contribution < 1.29 is 19.2 Å². The van der Waals surface area contributed by atoms with Gasteiger partial charge in [-0.1, -0.05) is 41.9 Å². The van der Waals surface area contributed by atoms with Crippen molar-refractivity contribution >= 4 is 51.3 Å². The van der Waals surface area contributed by atoms with E-state index < -0.39 is 23.4 Å². The van der Waals surface area contributed by atoms with Crippen LogP contribution in [0.25, 0.3) is 0 Å². The summed E-state index contributed by atoms with van der Waals surface area (Å²) in [6.07, 6.45) is 0. The highest BCUT2D eigenvalue weighted by Crippen LogP contribution is 2.27. The summed E-state index contributed by atoms with van der Waals surface area (Å²) >= 11 is 6.96. The first-order valence-corrected chi connectivity index (χ1v) is 9.82. The SMILES string of the molecule is O=C(COC(=O)c1csc(NCc2ccccc2)n1)Nc1ccc(Cl)cc1[N+](=O)[O-]. The Hall–Kier alpha value is -3.50. The van der Waals surface area contributed by atoms with E-state index in [4.69, 9.17) is 16.3 Å². The number of nitrogens with one attached hydrogen (secondary N) is 2. The number of nitro benzene ring substituents is 1. The number of hydrogen-bond acceptors (Lipinski definition) is 8. The number of esters is 1. The van der Waals surface area contributed by atoms with Gasteiger partial charge >= 0.3 is 5.97 Å². The van der Waals surface area contributed by atoms with Gasteiger partial charge < -0.3 is 15.4 Å². The van der Waals surface area contributed by atoms with Crippen LogP contribution < -0.4 is 10.6 Å². The second-order valence-corrected chi connectivity index (χ2v) is 7.21. The number of amides is 1. The molecule has 0 fully saturated rings. The van der Waals surface area contributed by atoms with Gasteiger partial charge in [-0.25, -0.2) is 9.78 Å². The van der Waals surface area contributed by atoms with Crippen LogP contribution in [0, 0.1) is 10.1 Å². The molecule has 0 bridgehead atoms. The molecule has 30 heavy (non-hydrogen) atoms. The summed E-state index contributed by atoms with van der Waals surface area (Å²) in [6, 6.07) is 13.5. The van der Waals surface area contributed by atoms with Gasteiger partial charge in [0.1, 0.15) is 5.69 Å². The maximum Gasteiger partial charge on any atom is 0.358 e. The first kappa shape index (κ1) is 21.2. The molecule has 2 N–H and O–H groups in total. The molecule has 0 aliphatic heterocycles. The maximum absolute atomic E-state index is 12.1. The molecule has 0 unspecified atom stereocenters. The number of rotatable bonds is 8. The lowest BCUT2D eigenvalue weighted by Gasteiger charge is -2.07. The molecule has 1 aromatic heterocycles. The molecule has 9 nitrogen and oxygen atoms in total. The minimum Gasteiger partial charge on any atom is -0.451 e. The lowest BCUT2D eigenvalue weighted by Crippen LogP contribution is -2.21. The van der Waals surface area contributed by atoms with Crippen molar-refractivity contribution in [1.82, 2.24) is 4.98 Å². The Morgan fingerprint density at radius 1 is 1.20 bits per heavy atom. The van der Waals surface area contributed by atoms with Crippen molar-refractivity contribution in [2.45, 2.75) is 6.54 Å². The molecule has 0 atom stereocenters. The normalized spacial score (nSPS) is 10.3. The van der Waals surface area contributed by atoms with Gasteiger partial charge in [-0.3, -0.25) is 14.9 Å². The van der Waals surface area contributed by atoms with Crippen molar-refractivity contribution in [2.24, 2.45) is 0 Å². The lowest BCUT2D eigenvalue weighted by molar-refractivity contribution is -0.383. The van der Waals surface area contributed by atoms with Crippen LogP contribution >= 0.6 is 22.9 Å². The third-order valence-electron chi connectivity index (χ3n) is 3.76. The molecule has 0 saturated heterocycles. The van der Waals surface area contributed by atoms with E-state index >= 15 is 0 Å². The molecule has 0 spiro atoms. The molecule has 3 rings (SSSR count). The molecule has 2 aromatic carbocycles. The number of aromatic nitrogens is 1.